The maximum absolute atomic E-state index is 12.4. The second-order valence-corrected chi connectivity index (χ2v) is 5.15. The summed E-state index contributed by atoms with van der Waals surface area (Å²) in [5.74, 6) is -0.190. The van der Waals surface area contributed by atoms with E-state index in [1.807, 2.05) is 0 Å². The zero-order valence-corrected chi connectivity index (χ0v) is 12.0. The molecule has 0 bridgehead atoms. The van der Waals surface area contributed by atoms with Crippen LogP contribution in [0.25, 0.3) is 0 Å². The Morgan fingerprint density at radius 3 is 2.70 bits per heavy atom. The molecule has 7 heteroatoms. The predicted octanol–water partition coefficient (Wildman–Crippen LogP) is 0.915. The molecule has 1 fully saturated rings. The van der Waals surface area contributed by atoms with Gasteiger partial charge in [0.25, 0.3) is 5.91 Å². The lowest BCUT2D eigenvalue weighted by molar-refractivity contribution is -0.125. The molecule has 2 amide bonds. The molecular weight excluding hydrogens is 280 g/mol. The molecule has 2 heterocycles. The van der Waals surface area contributed by atoms with Crippen LogP contribution in [0.5, 0.6) is 0 Å². The highest BCUT2D eigenvalue weighted by molar-refractivity contribution is 6.32. The molecular formula is C13H17ClN4O2. The molecule has 3 N–H and O–H groups in total. The summed E-state index contributed by atoms with van der Waals surface area (Å²) in [7, 11) is 1.62. The van der Waals surface area contributed by atoms with E-state index in [2.05, 4.69) is 10.3 Å². The molecule has 0 aliphatic carbocycles. The first-order valence-electron chi connectivity index (χ1n) is 6.44. The Labute approximate surface area is 122 Å². The number of nitrogens with zero attached hydrogens (tertiary/aromatic N) is 2. The van der Waals surface area contributed by atoms with E-state index in [4.69, 9.17) is 17.3 Å². The Balaban J connectivity index is 2.05. The molecule has 6 nitrogen and oxygen atoms in total. The van der Waals surface area contributed by atoms with Gasteiger partial charge in [-0.3, -0.25) is 9.59 Å². The fourth-order valence-corrected chi connectivity index (χ4v) is 2.52. The van der Waals surface area contributed by atoms with E-state index in [9.17, 15) is 9.59 Å². The number of piperidine rings is 1. The summed E-state index contributed by atoms with van der Waals surface area (Å²) in [4.78, 5) is 29.5. The number of hydrogen-bond acceptors (Lipinski definition) is 4. The van der Waals surface area contributed by atoms with Crippen LogP contribution < -0.4 is 11.1 Å². The van der Waals surface area contributed by atoms with Crippen molar-refractivity contribution in [1.29, 1.82) is 0 Å². The third-order valence-electron chi connectivity index (χ3n) is 3.49. The number of aromatic nitrogens is 1. The number of carbonyl (C=O) groups is 2. The molecule has 1 aliphatic rings. The molecule has 0 aromatic carbocycles. The van der Waals surface area contributed by atoms with E-state index in [1.54, 1.807) is 11.9 Å². The zero-order chi connectivity index (χ0) is 14.7. The van der Waals surface area contributed by atoms with Gasteiger partial charge in [0.05, 0.1) is 17.4 Å². The van der Waals surface area contributed by atoms with Gasteiger partial charge >= 0.3 is 0 Å². The van der Waals surface area contributed by atoms with E-state index in [0.29, 0.717) is 37.2 Å². The summed E-state index contributed by atoms with van der Waals surface area (Å²) in [5, 5.41) is 2.79. The SMILES string of the molecule is CNC(=O)C1CCN(C(=O)c2cc(N)cnc2Cl)CC1. The van der Waals surface area contributed by atoms with E-state index < -0.39 is 0 Å². The van der Waals surface area contributed by atoms with Crippen LogP contribution in [0.2, 0.25) is 5.15 Å². The highest BCUT2D eigenvalue weighted by Gasteiger charge is 2.28. The molecule has 0 spiro atoms. The number of hydrogen-bond donors (Lipinski definition) is 2. The summed E-state index contributed by atoms with van der Waals surface area (Å²) in [6.07, 6.45) is 2.72. The predicted molar refractivity (Wildman–Crippen MR) is 76.4 cm³/mol. The van der Waals surface area contributed by atoms with Gasteiger partial charge in [-0.1, -0.05) is 11.6 Å². The molecule has 0 unspecified atom stereocenters. The third kappa shape index (κ3) is 3.01. The van der Waals surface area contributed by atoms with Gasteiger partial charge in [0.15, 0.2) is 0 Å². The number of likely N-dealkylation sites (tertiary alicyclic amines) is 1. The molecule has 0 atom stereocenters. The number of halogens is 1. The van der Waals surface area contributed by atoms with Gasteiger partial charge in [-0.25, -0.2) is 4.98 Å². The lowest BCUT2D eigenvalue weighted by Crippen LogP contribution is -2.42. The number of nitrogen functional groups attached to an aromatic ring is 1. The standard InChI is InChI=1S/C13H17ClN4O2/c1-16-12(19)8-2-4-18(5-3-8)13(20)10-6-9(15)7-17-11(10)14/h6-8H,2-5,15H2,1H3,(H,16,19). The Kier molecular flexibility index (Phi) is 4.44. The first-order chi connectivity index (χ1) is 9.52. The average Bonchev–Trinajstić information content (AvgIpc) is 2.48. The summed E-state index contributed by atoms with van der Waals surface area (Å²) >= 11 is 5.93. The van der Waals surface area contributed by atoms with Gasteiger partial charge in [-0.05, 0) is 18.9 Å². The van der Waals surface area contributed by atoms with Gasteiger partial charge in [-0.2, -0.15) is 0 Å². The van der Waals surface area contributed by atoms with Crippen LogP contribution >= 0.6 is 11.6 Å². The molecule has 0 saturated carbocycles. The Hall–Kier alpha value is -1.82. The summed E-state index contributed by atoms with van der Waals surface area (Å²) < 4.78 is 0. The topological polar surface area (TPSA) is 88.3 Å². The van der Waals surface area contributed by atoms with Crippen molar-refractivity contribution in [3.8, 4) is 0 Å². The number of carbonyl (C=O) groups excluding carboxylic acids is 2. The van der Waals surface area contributed by atoms with Gasteiger partial charge in [0.1, 0.15) is 5.15 Å². The highest BCUT2D eigenvalue weighted by Crippen LogP contribution is 2.22. The number of rotatable bonds is 2. The van der Waals surface area contributed by atoms with Crippen LogP contribution in [0.4, 0.5) is 5.69 Å². The van der Waals surface area contributed by atoms with Crippen LogP contribution in [0, 0.1) is 5.92 Å². The van der Waals surface area contributed by atoms with E-state index in [1.165, 1.54) is 12.3 Å². The van der Waals surface area contributed by atoms with Crippen molar-refractivity contribution < 1.29 is 9.59 Å². The van der Waals surface area contributed by atoms with Crippen LogP contribution in [0.1, 0.15) is 23.2 Å². The van der Waals surface area contributed by atoms with Crippen molar-refractivity contribution in [1.82, 2.24) is 15.2 Å². The fraction of sp³-hybridized carbons (Fsp3) is 0.462. The number of pyridine rings is 1. The number of amides is 2. The summed E-state index contributed by atoms with van der Waals surface area (Å²) in [5.41, 5.74) is 6.34. The van der Waals surface area contributed by atoms with Crippen LogP contribution in [0.3, 0.4) is 0 Å². The average molecular weight is 297 g/mol. The van der Waals surface area contributed by atoms with E-state index >= 15 is 0 Å². The quantitative estimate of drug-likeness (QED) is 0.794. The number of anilines is 1. The largest absolute Gasteiger partial charge is 0.397 e. The summed E-state index contributed by atoms with van der Waals surface area (Å²) in [6.45, 7) is 1.06. The monoisotopic (exact) mass is 296 g/mol. The van der Waals surface area contributed by atoms with Crippen molar-refractivity contribution in [2.24, 2.45) is 5.92 Å². The van der Waals surface area contributed by atoms with Gasteiger partial charge in [0.2, 0.25) is 5.91 Å². The van der Waals surface area contributed by atoms with Gasteiger partial charge < -0.3 is 16.0 Å². The highest BCUT2D eigenvalue weighted by atomic mass is 35.5. The van der Waals surface area contributed by atoms with E-state index in [0.717, 1.165) is 0 Å². The van der Waals surface area contributed by atoms with Crippen molar-refractivity contribution in [2.45, 2.75) is 12.8 Å². The lowest BCUT2D eigenvalue weighted by atomic mass is 9.95. The fourth-order valence-electron chi connectivity index (χ4n) is 2.33. The minimum absolute atomic E-state index is 0.0285. The van der Waals surface area contributed by atoms with Crippen LogP contribution in [0.15, 0.2) is 12.3 Å². The Morgan fingerprint density at radius 1 is 1.45 bits per heavy atom. The van der Waals surface area contributed by atoms with Gasteiger partial charge in [-0.15, -0.1) is 0 Å². The second-order valence-electron chi connectivity index (χ2n) is 4.79. The van der Waals surface area contributed by atoms with E-state index in [-0.39, 0.29) is 22.9 Å². The number of nitrogens with one attached hydrogen (secondary N) is 1. The molecule has 1 saturated heterocycles. The molecule has 1 aromatic heterocycles. The Bertz CT molecular complexity index is 527. The summed E-state index contributed by atoms with van der Waals surface area (Å²) in [6, 6.07) is 1.53. The van der Waals surface area contributed by atoms with Gasteiger partial charge in [0, 0.05) is 26.1 Å². The third-order valence-corrected chi connectivity index (χ3v) is 3.79. The first-order valence-corrected chi connectivity index (χ1v) is 6.82. The molecule has 20 heavy (non-hydrogen) atoms. The Morgan fingerprint density at radius 2 is 2.10 bits per heavy atom. The molecule has 1 aromatic rings. The van der Waals surface area contributed by atoms with Crippen molar-refractivity contribution >= 4 is 29.1 Å². The van der Waals surface area contributed by atoms with Crippen molar-refractivity contribution in [2.75, 3.05) is 25.9 Å². The number of nitrogens with two attached hydrogens (primary N) is 1. The maximum Gasteiger partial charge on any atom is 0.257 e. The van der Waals surface area contributed by atoms with Crippen molar-refractivity contribution in [3.05, 3.63) is 23.0 Å². The normalized spacial score (nSPS) is 16.0. The molecule has 1 aliphatic heterocycles. The lowest BCUT2D eigenvalue weighted by Gasteiger charge is -2.31. The van der Waals surface area contributed by atoms with Crippen LogP contribution in [-0.2, 0) is 4.79 Å². The van der Waals surface area contributed by atoms with Crippen molar-refractivity contribution in [3.63, 3.8) is 0 Å². The maximum atomic E-state index is 12.4. The van der Waals surface area contributed by atoms with Crippen LogP contribution in [-0.4, -0.2) is 41.8 Å². The smallest absolute Gasteiger partial charge is 0.257 e. The minimum Gasteiger partial charge on any atom is -0.397 e. The zero-order valence-electron chi connectivity index (χ0n) is 11.2. The first kappa shape index (κ1) is 14.6. The molecule has 0 radical (unpaired) electrons. The molecule has 2 rings (SSSR count). The molecule has 108 valence electrons. The minimum atomic E-state index is -0.190. The second kappa shape index (κ2) is 6.09.